The van der Waals surface area contributed by atoms with E-state index in [9.17, 15) is 19.5 Å². The molecule has 0 bridgehead atoms. The molecule has 3 amide bonds. The minimum absolute atomic E-state index is 0.120. The van der Waals surface area contributed by atoms with Gasteiger partial charge in [0.05, 0.1) is 12.1 Å². The maximum Gasteiger partial charge on any atom is 0.243 e. The molecule has 0 aromatic carbocycles. The summed E-state index contributed by atoms with van der Waals surface area (Å²) >= 11 is 0. The Morgan fingerprint density at radius 2 is 1.24 bits per heavy atom. The minimum Gasteiger partial charge on any atom is -0.391 e. The number of aliphatic hydroxyl groups is 1. The van der Waals surface area contributed by atoms with Crippen molar-refractivity contribution < 1.29 is 19.5 Å². The van der Waals surface area contributed by atoms with Crippen molar-refractivity contribution in [2.75, 3.05) is 0 Å². The van der Waals surface area contributed by atoms with Gasteiger partial charge in [0.25, 0.3) is 0 Å². The van der Waals surface area contributed by atoms with E-state index >= 15 is 0 Å². The average molecular weight is 484 g/mol. The fourth-order valence-corrected chi connectivity index (χ4v) is 3.99. The quantitative estimate of drug-likeness (QED) is 0.233. The first-order chi connectivity index (χ1) is 15.8. The fourth-order valence-electron chi connectivity index (χ4n) is 3.99. The molecule has 1 unspecified atom stereocenters. The highest BCUT2D eigenvalue weighted by molar-refractivity contribution is 5.92. The van der Waals surface area contributed by atoms with Gasteiger partial charge in [-0.05, 0) is 36.5 Å². The lowest BCUT2D eigenvalue weighted by molar-refractivity contribution is -0.134. The Morgan fingerprint density at radius 3 is 1.71 bits per heavy atom. The van der Waals surface area contributed by atoms with Crippen LogP contribution < -0.4 is 16.0 Å². The molecule has 200 valence electrons. The van der Waals surface area contributed by atoms with Crippen molar-refractivity contribution in [3.63, 3.8) is 0 Å². The molecule has 0 aliphatic carbocycles. The van der Waals surface area contributed by atoms with Gasteiger partial charge < -0.3 is 21.1 Å². The Morgan fingerprint density at radius 1 is 0.706 bits per heavy atom. The average Bonchev–Trinajstić information content (AvgIpc) is 2.71. The van der Waals surface area contributed by atoms with Crippen LogP contribution in [0, 0.1) is 23.7 Å². The predicted molar refractivity (Wildman–Crippen MR) is 139 cm³/mol. The third kappa shape index (κ3) is 13.3. The number of hydrogen-bond donors (Lipinski definition) is 4. The van der Waals surface area contributed by atoms with Gasteiger partial charge in [0.15, 0.2) is 0 Å². The Bertz CT molecular complexity index is 605. The van der Waals surface area contributed by atoms with Gasteiger partial charge in [0.1, 0.15) is 12.1 Å². The molecule has 0 saturated carbocycles. The molecule has 0 spiro atoms. The molecule has 0 fully saturated rings. The number of aliphatic hydroxyl groups excluding tert-OH is 1. The molecular formula is C27H53N3O4. The van der Waals surface area contributed by atoms with E-state index in [2.05, 4.69) is 36.7 Å². The van der Waals surface area contributed by atoms with Gasteiger partial charge in [-0.1, -0.05) is 88.0 Å². The number of hydrogen-bond acceptors (Lipinski definition) is 4. The highest BCUT2D eigenvalue weighted by atomic mass is 16.3. The molecule has 7 nitrogen and oxygen atoms in total. The number of unbranched alkanes of at least 4 members (excludes halogenated alkanes) is 3. The summed E-state index contributed by atoms with van der Waals surface area (Å²) in [7, 11) is 0. The molecule has 4 N–H and O–H groups in total. The van der Waals surface area contributed by atoms with Crippen molar-refractivity contribution >= 4 is 17.7 Å². The summed E-state index contributed by atoms with van der Waals surface area (Å²) in [5.41, 5.74) is 0. The highest BCUT2D eigenvalue weighted by Gasteiger charge is 2.32. The summed E-state index contributed by atoms with van der Waals surface area (Å²) < 4.78 is 0. The van der Waals surface area contributed by atoms with Crippen LogP contribution in [0.1, 0.15) is 107 Å². The van der Waals surface area contributed by atoms with E-state index in [0.717, 1.165) is 25.7 Å². The van der Waals surface area contributed by atoms with Crippen molar-refractivity contribution in [3.8, 4) is 0 Å². The Labute approximate surface area is 208 Å². The second-order valence-corrected chi connectivity index (χ2v) is 11.3. The van der Waals surface area contributed by atoms with E-state index in [1.807, 2.05) is 41.5 Å². The largest absolute Gasteiger partial charge is 0.391 e. The third-order valence-electron chi connectivity index (χ3n) is 5.98. The van der Waals surface area contributed by atoms with Crippen molar-refractivity contribution in [1.82, 2.24) is 16.0 Å². The van der Waals surface area contributed by atoms with E-state index < -0.39 is 18.2 Å². The molecular weight excluding hydrogens is 430 g/mol. The zero-order valence-electron chi connectivity index (χ0n) is 23.2. The first kappa shape index (κ1) is 32.4. The van der Waals surface area contributed by atoms with Crippen LogP contribution in [-0.4, -0.2) is 47.1 Å². The maximum absolute atomic E-state index is 13.2. The molecule has 0 aliphatic rings. The van der Waals surface area contributed by atoms with Crippen LogP contribution in [0.4, 0.5) is 0 Å². The minimum atomic E-state index is -0.752. The van der Waals surface area contributed by atoms with Crippen LogP contribution in [0.2, 0.25) is 0 Å². The smallest absolute Gasteiger partial charge is 0.243 e. The second-order valence-electron chi connectivity index (χ2n) is 11.3. The molecule has 0 heterocycles. The molecule has 34 heavy (non-hydrogen) atoms. The summed E-state index contributed by atoms with van der Waals surface area (Å²) in [6.45, 7) is 17.7. The zero-order chi connectivity index (χ0) is 26.4. The summed E-state index contributed by atoms with van der Waals surface area (Å²) in [5.74, 6) is -0.590. The summed E-state index contributed by atoms with van der Waals surface area (Å²) in [5, 5.41) is 19.5. The maximum atomic E-state index is 13.2. The van der Waals surface area contributed by atoms with Crippen LogP contribution in [-0.2, 0) is 14.4 Å². The summed E-state index contributed by atoms with van der Waals surface area (Å²) in [6, 6.07) is -1.83. The monoisotopic (exact) mass is 483 g/mol. The number of rotatable bonds is 17. The molecule has 0 rings (SSSR count). The first-order valence-corrected chi connectivity index (χ1v) is 13.4. The van der Waals surface area contributed by atoms with Gasteiger partial charge in [-0.2, -0.15) is 0 Å². The summed E-state index contributed by atoms with van der Waals surface area (Å²) in [6.07, 6.45) is 5.30. The molecule has 4 atom stereocenters. The first-order valence-electron chi connectivity index (χ1n) is 13.4. The molecule has 0 radical (unpaired) electrons. The van der Waals surface area contributed by atoms with Crippen molar-refractivity contribution in [2.24, 2.45) is 23.7 Å². The van der Waals surface area contributed by atoms with Gasteiger partial charge in [-0.3, -0.25) is 14.4 Å². The Balaban J connectivity index is 5.33. The topological polar surface area (TPSA) is 108 Å². The van der Waals surface area contributed by atoms with Crippen LogP contribution in [0.5, 0.6) is 0 Å². The molecule has 0 aromatic rings. The molecule has 0 saturated heterocycles. The fraction of sp³-hybridized carbons (Fsp3) is 0.889. The van der Waals surface area contributed by atoms with Gasteiger partial charge in [-0.25, -0.2) is 0 Å². The van der Waals surface area contributed by atoms with E-state index in [1.165, 1.54) is 0 Å². The van der Waals surface area contributed by atoms with Gasteiger partial charge in [0, 0.05) is 6.42 Å². The van der Waals surface area contributed by atoms with E-state index in [-0.39, 0.29) is 41.5 Å². The highest BCUT2D eigenvalue weighted by Crippen LogP contribution is 2.16. The normalized spacial score (nSPS) is 15.4. The number of amides is 3. The van der Waals surface area contributed by atoms with E-state index in [4.69, 9.17) is 0 Å². The van der Waals surface area contributed by atoms with Crippen LogP contribution in [0.3, 0.4) is 0 Å². The van der Waals surface area contributed by atoms with E-state index in [0.29, 0.717) is 25.2 Å². The molecule has 0 aliphatic heterocycles. The predicted octanol–water partition coefficient (Wildman–Crippen LogP) is 4.18. The Hall–Kier alpha value is -1.63. The zero-order valence-corrected chi connectivity index (χ0v) is 23.2. The van der Waals surface area contributed by atoms with Gasteiger partial charge >= 0.3 is 0 Å². The Kier molecular flexibility index (Phi) is 16.1. The van der Waals surface area contributed by atoms with Gasteiger partial charge in [0.2, 0.25) is 17.7 Å². The number of nitrogens with one attached hydrogen (secondary N) is 3. The lowest BCUT2D eigenvalue weighted by atomic mass is 9.94. The third-order valence-corrected chi connectivity index (χ3v) is 5.98. The van der Waals surface area contributed by atoms with Gasteiger partial charge in [-0.15, -0.1) is 0 Å². The van der Waals surface area contributed by atoms with Crippen LogP contribution >= 0.6 is 0 Å². The molecule has 0 aromatic heterocycles. The second kappa shape index (κ2) is 16.9. The lowest BCUT2D eigenvalue weighted by Crippen LogP contribution is -2.58. The summed E-state index contributed by atoms with van der Waals surface area (Å²) in [4.78, 5) is 38.6. The SMILES string of the molecule is CCCCCCC(O)[C@H](CC(C)C)NC(=O)[C@@H](NC(=O)[C@@H](NC(=O)CC(C)C)C(C)C)C(C)C. The van der Waals surface area contributed by atoms with Crippen molar-refractivity contribution in [3.05, 3.63) is 0 Å². The molecule has 7 heteroatoms. The lowest BCUT2D eigenvalue weighted by Gasteiger charge is -2.31. The van der Waals surface area contributed by atoms with Crippen LogP contribution in [0.15, 0.2) is 0 Å². The number of carbonyl (C=O) groups is 3. The standard InChI is InChI=1S/C27H53N3O4/c1-10-11-12-13-14-22(31)21(15-17(2)3)28-26(33)25(20(8)9)30-27(34)24(19(6)7)29-23(32)16-18(4)5/h17-22,24-25,31H,10-16H2,1-9H3,(H,28,33)(H,29,32)(H,30,34)/t21-,22?,24-,25-/m0/s1. The van der Waals surface area contributed by atoms with Crippen molar-refractivity contribution in [2.45, 2.75) is 131 Å². The van der Waals surface area contributed by atoms with E-state index in [1.54, 1.807) is 0 Å². The van der Waals surface area contributed by atoms with Crippen LogP contribution in [0.25, 0.3) is 0 Å². The number of carbonyl (C=O) groups excluding carboxylic acids is 3. The van der Waals surface area contributed by atoms with Crippen molar-refractivity contribution in [1.29, 1.82) is 0 Å².